The van der Waals surface area contributed by atoms with Crippen LogP contribution in [0.25, 0.3) is 11.5 Å². The first-order valence-corrected chi connectivity index (χ1v) is 12.7. The molecule has 2 aliphatic rings. The van der Waals surface area contributed by atoms with Crippen LogP contribution in [0.2, 0.25) is 0 Å². The second-order valence-electron chi connectivity index (χ2n) is 9.85. The molecule has 11 nitrogen and oxygen atoms in total. The standard InChI is InChI=1S/C26H31FN8O3/c1-14(2)33(5)23-11-16-17(19(30-23)13-38-26(37)28-4)12-34(25(16)36)21-8-6-7-18(29-21)24-32-31-22-10-9-20(15(3)27)35(22)24/h6-8,11,14-15,20H,9-10,12-13H2,1-5H3,(H,28,37)/t15-,20-/m1/s1. The number of pyridine rings is 2. The third-order valence-corrected chi connectivity index (χ3v) is 7.20. The van der Waals surface area contributed by atoms with Gasteiger partial charge in [-0.15, -0.1) is 10.2 Å². The molecule has 0 bridgehead atoms. The van der Waals surface area contributed by atoms with Gasteiger partial charge in [-0.3, -0.25) is 9.69 Å². The van der Waals surface area contributed by atoms with Crippen molar-refractivity contribution in [2.45, 2.75) is 65.0 Å². The third-order valence-electron chi connectivity index (χ3n) is 7.20. The highest BCUT2D eigenvalue weighted by atomic mass is 19.1. The van der Waals surface area contributed by atoms with Crippen LogP contribution in [-0.2, 0) is 24.3 Å². The number of carbonyl (C=O) groups is 2. The molecule has 38 heavy (non-hydrogen) atoms. The number of amides is 2. The van der Waals surface area contributed by atoms with Crippen LogP contribution in [0.5, 0.6) is 0 Å². The Morgan fingerprint density at radius 3 is 2.76 bits per heavy atom. The summed E-state index contributed by atoms with van der Waals surface area (Å²) < 4.78 is 21.4. The third kappa shape index (κ3) is 4.44. The summed E-state index contributed by atoms with van der Waals surface area (Å²) in [7, 11) is 3.38. The van der Waals surface area contributed by atoms with Crippen LogP contribution in [-0.4, -0.2) is 63.0 Å². The molecule has 0 aliphatic carbocycles. The fourth-order valence-corrected chi connectivity index (χ4v) is 4.86. The van der Waals surface area contributed by atoms with Gasteiger partial charge in [0.05, 0.1) is 23.8 Å². The summed E-state index contributed by atoms with van der Waals surface area (Å²) in [6.07, 6.45) is -0.312. The maximum Gasteiger partial charge on any atom is 0.407 e. The topological polar surface area (TPSA) is 118 Å². The summed E-state index contributed by atoms with van der Waals surface area (Å²) in [6, 6.07) is 6.89. The van der Waals surface area contributed by atoms with Gasteiger partial charge in [-0.2, -0.15) is 0 Å². The van der Waals surface area contributed by atoms with Crippen LogP contribution in [0.1, 0.15) is 60.7 Å². The lowest BCUT2D eigenvalue weighted by molar-refractivity contribution is 0.0996. The van der Waals surface area contributed by atoms with E-state index >= 15 is 0 Å². The van der Waals surface area contributed by atoms with E-state index in [0.717, 1.165) is 5.82 Å². The first kappa shape index (κ1) is 25.6. The van der Waals surface area contributed by atoms with Crippen molar-refractivity contribution in [3.63, 3.8) is 0 Å². The van der Waals surface area contributed by atoms with Crippen LogP contribution >= 0.6 is 0 Å². The zero-order valence-corrected chi connectivity index (χ0v) is 22.1. The van der Waals surface area contributed by atoms with E-state index < -0.39 is 12.3 Å². The summed E-state index contributed by atoms with van der Waals surface area (Å²) in [5.41, 5.74) is 2.19. The van der Waals surface area contributed by atoms with Crippen molar-refractivity contribution in [3.05, 3.63) is 46.9 Å². The number of carbonyl (C=O) groups excluding carboxylic acids is 2. The van der Waals surface area contributed by atoms with Gasteiger partial charge in [0.1, 0.15) is 35.9 Å². The summed E-state index contributed by atoms with van der Waals surface area (Å²) >= 11 is 0. The average molecular weight is 523 g/mol. The summed E-state index contributed by atoms with van der Waals surface area (Å²) in [5.74, 6) is 2.03. The number of hydrogen-bond acceptors (Lipinski definition) is 8. The molecule has 5 rings (SSSR count). The molecule has 200 valence electrons. The smallest absolute Gasteiger partial charge is 0.407 e. The molecule has 0 saturated carbocycles. The molecule has 12 heteroatoms. The molecule has 0 aromatic carbocycles. The Hall–Kier alpha value is -4.09. The fraction of sp³-hybridized carbons (Fsp3) is 0.462. The van der Waals surface area contributed by atoms with Crippen molar-refractivity contribution in [2.24, 2.45) is 0 Å². The van der Waals surface area contributed by atoms with Gasteiger partial charge < -0.3 is 19.5 Å². The zero-order valence-electron chi connectivity index (χ0n) is 22.1. The molecule has 2 aliphatic heterocycles. The van der Waals surface area contributed by atoms with Gasteiger partial charge in [0.15, 0.2) is 5.82 Å². The van der Waals surface area contributed by atoms with Crippen LogP contribution in [0.4, 0.5) is 20.8 Å². The van der Waals surface area contributed by atoms with E-state index in [0.29, 0.717) is 52.8 Å². The molecule has 0 saturated heterocycles. The molecule has 5 heterocycles. The lowest BCUT2D eigenvalue weighted by Crippen LogP contribution is -2.27. The van der Waals surface area contributed by atoms with E-state index in [4.69, 9.17) is 14.7 Å². The fourth-order valence-electron chi connectivity index (χ4n) is 4.86. The minimum absolute atomic E-state index is 0.0783. The number of rotatable bonds is 7. The van der Waals surface area contributed by atoms with Crippen molar-refractivity contribution in [1.82, 2.24) is 30.0 Å². The lowest BCUT2D eigenvalue weighted by Gasteiger charge is -2.23. The van der Waals surface area contributed by atoms with E-state index in [1.165, 1.54) is 14.0 Å². The quantitative estimate of drug-likeness (QED) is 0.501. The average Bonchev–Trinajstić information content (AvgIpc) is 3.60. The largest absolute Gasteiger partial charge is 0.443 e. The first-order chi connectivity index (χ1) is 18.2. The van der Waals surface area contributed by atoms with Crippen LogP contribution in [0.3, 0.4) is 0 Å². The van der Waals surface area contributed by atoms with Gasteiger partial charge in [-0.05, 0) is 45.4 Å². The SMILES string of the molecule is CNC(=O)OCc1nc(N(C)C(C)C)cc2c1CN(c1cccc(-c3nnc4n3[C@@H]([C@@H](C)F)CC4)n1)C2=O. The minimum atomic E-state index is -1.05. The number of alkyl halides is 1. The number of alkyl carbamates (subject to hydrolysis) is 1. The number of hydrogen-bond donors (Lipinski definition) is 1. The highest BCUT2D eigenvalue weighted by molar-refractivity contribution is 6.10. The molecule has 0 radical (unpaired) electrons. The maximum atomic E-state index is 14.3. The molecular weight excluding hydrogens is 491 g/mol. The number of aromatic nitrogens is 5. The highest BCUT2D eigenvalue weighted by Crippen LogP contribution is 2.36. The number of ether oxygens (including phenoxy) is 1. The van der Waals surface area contributed by atoms with Crippen LogP contribution < -0.4 is 15.1 Å². The maximum absolute atomic E-state index is 14.3. The Balaban J connectivity index is 1.50. The van der Waals surface area contributed by atoms with Crippen LogP contribution in [0.15, 0.2) is 24.3 Å². The van der Waals surface area contributed by atoms with Crippen molar-refractivity contribution < 1.29 is 18.7 Å². The number of anilines is 2. The molecule has 3 aromatic heterocycles. The Morgan fingerprint density at radius 1 is 1.26 bits per heavy atom. The monoisotopic (exact) mass is 522 g/mol. The summed E-state index contributed by atoms with van der Waals surface area (Å²) in [4.78, 5) is 38.4. The predicted molar refractivity (Wildman–Crippen MR) is 139 cm³/mol. The Morgan fingerprint density at radius 2 is 2.05 bits per heavy atom. The predicted octanol–water partition coefficient (Wildman–Crippen LogP) is 3.44. The number of aryl methyl sites for hydroxylation is 1. The van der Waals surface area contributed by atoms with Crippen LogP contribution in [0, 0.1) is 0 Å². The van der Waals surface area contributed by atoms with Crippen molar-refractivity contribution >= 4 is 23.6 Å². The van der Waals surface area contributed by atoms with Crippen molar-refractivity contribution in [2.75, 3.05) is 23.9 Å². The summed E-state index contributed by atoms with van der Waals surface area (Å²) in [6.45, 7) is 5.73. The van der Waals surface area contributed by atoms with E-state index in [9.17, 15) is 14.0 Å². The zero-order chi connectivity index (χ0) is 27.1. The van der Waals surface area contributed by atoms with Crippen molar-refractivity contribution in [3.8, 4) is 11.5 Å². The molecule has 0 fully saturated rings. The molecular formula is C26H31FN8O3. The lowest BCUT2D eigenvalue weighted by atomic mass is 10.1. The van der Waals surface area contributed by atoms with Gasteiger partial charge in [0.2, 0.25) is 0 Å². The number of nitrogens with zero attached hydrogens (tertiary/aromatic N) is 7. The van der Waals surface area contributed by atoms with Crippen molar-refractivity contribution in [1.29, 1.82) is 0 Å². The summed E-state index contributed by atoms with van der Waals surface area (Å²) in [5, 5.41) is 11.0. The van der Waals surface area contributed by atoms with E-state index in [-0.39, 0.29) is 31.1 Å². The number of halogens is 1. The molecule has 3 aromatic rings. The van der Waals surface area contributed by atoms with Gasteiger partial charge in [-0.25, -0.2) is 19.2 Å². The molecule has 0 unspecified atom stereocenters. The van der Waals surface area contributed by atoms with Gasteiger partial charge in [-0.1, -0.05) is 6.07 Å². The van der Waals surface area contributed by atoms with E-state index in [1.54, 1.807) is 29.2 Å². The van der Waals surface area contributed by atoms with Gasteiger partial charge >= 0.3 is 6.09 Å². The first-order valence-electron chi connectivity index (χ1n) is 12.7. The van der Waals surface area contributed by atoms with Gasteiger partial charge in [0, 0.05) is 32.1 Å². The second kappa shape index (κ2) is 9.99. The molecule has 0 spiro atoms. The molecule has 2 atom stereocenters. The van der Waals surface area contributed by atoms with Gasteiger partial charge in [0.25, 0.3) is 5.91 Å². The molecule has 1 N–H and O–H groups in total. The number of nitrogens with one attached hydrogen (secondary N) is 1. The minimum Gasteiger partial charge on any atom is -0.443 e. The molecule has 2 amide bonds. The van der Waals surface area contributed by atoms with E-state index in [1.807, 2.05) is 30.4 Å². The van der Waals surface area contributed by atoms with E-state index in [2.05, 4.69) is 15.5 Å². The second-order valence-corrected chi connectivity index (χ2v) is 9.85. The Labute approximate surface area is 220 Å². The Kier molecular flexibility index (Phi) is 6.72. The normalized spacial score (nSPS) is 17.0. The Bertz CT molecular complexity index is 1390. The highest BCUT2D eigenvalue weighted by Gasteiger charge is 2.35. The number of fused-ring (bicyclic) bond motifs is 2.